The van der Waals surface area contributed by atoms with Crippen LogP contribution in [-0.4, -0.2) is 48.0 Å². The zero-order chi connectivity index (χ0) is 10.1. The van der Waals surface area contributed by atoms with E-state index < -0.39 is 7.82 Å². The molecule has 0 aliphatic heterocycles. The fourth-order valence-corrected chi connectivity index (χ4v) is 0. The first-order valence-electron chi connectivity index (χ1n) is 2.55. The van der Waals surface area contributed by atoms with Gasteiger partial charge in [0.25, 0.3) is 7.82 Å². The molecule has 0 saturated heterocycles. The van der Waals surface area contributed by atoms with Crippen LogP contribution in [0.15, 0.2) is 0 Å². The number of phosphoric acid groups is 1. The van der Waals surface area contributed by atoms with Gasteiger partial charge in [0.2, 0.25) is 0 Å². The summed E-state index contributed by atoms with van der Waals surface area (Å²) < 4.78 is 8.77. The summed E-state index contributed by atoms with van der Waals surface area (Å²) in [5.74, 6) is 0. The molecule has 0 aliphatic rings. The molecule has 3 N–H and O–H groups in total. The first-order valence-corrected chi connectivity index (χ1v) is 4.08. The predicted molar refractivity (Wildman–Crippen MR) is 39.8 cm³/mol. The van der Waals surface area contributed by atoms with Crippen molar-refractivity contribution in [2.75, 3.05) is 28.3 Å². The van der Waals surface area contributed by atoms with Crippen LogP contribution in [0.25, 0.3) is 0 Å². The van der Waals surface area contributed by atoms with Crippen LogP contribution in [0, 0.1) is 0 Å². The van der Waals surface area contributed by atoms with Crippen LogP contribution in [0.5, 0.6) is 0 Å². The van der Waals surface area contributed by atoms with Gasteiger partial charge in [0.15, 0.2) is 0 Å². The molecule has 12 heavy (non-hydrogen) atoms. The average molecular weight is 227 g/mol. The second kappa shape index (κ2) is 15.2. The standard InChI is InChI=1S/C3H9N.CH4O.K.H3O4P/c1-4(2)3;1-2;;1-5(2,3)4/h1-3H3;2H,1H3;;(H3,1,2,3,4)/q;;+1;/p-1. The van der Waals surface area contributed by atoms with Gasteiger partial charge in [0.05, 0.1) is 0 Å². The molecular formula is C4H15KNO5P. The minimum atomic E-state index is -4.89. The number of aliphatic hydroxyl groups excluding tert-OH is 1. The minimum Gasteiger partial charge on any atom is -0.756 e. The smallest absolute Gasteiger partial charge is 0.756 e. The summed E-state index contributed by atoms with van der Waals surface area (Å²) in [5, 5.41) is 7.00. The third-order valence-electron chi connectivity index (χ3n) is 0. The molecule has 0 aromatic heterocycles. The van der Waals surface area contributed by atoms with Crippen molar-refractivity contribution < 1.29 is 75.7 Å². The number of nitrogens with zero attached hydrogens (tertiary/aromatic N) is 1. The topological polar surface area (TPSA) is 104 Å². The van der Waals surface area contributed by atoms with E-state index in [9.17, 15) is 0 Å². The minimum absolute atomic E-state index is 0. The first kappa shape index (κ1) is 23.5. The Bertz CT molecular complexity index is 94.6. The summed E-state index contributed by atoms with van der Waals surface area (Å²) in [6.45, 7) is 0. The Labute approximate surface area is 115 Å². The Morgan fingerprint density at radius 1 is 1.17 bits per heavy atom. The third-order valence-corrected chi connectivity index (χ3v) is 0. The summed E-state index contributed by atoms with van der Waals surface area (Å²) in [7, 11) is 2.11. The number of hydrogen-bond acceptors (Lipinski definition) is 4. The molecule has 0 bridgehead atoms. The molecule has 0 saturated carbocycles. The molecule has 0 aliphatic carbocycles. The van der Waals surface area contributed by atoms with Gasteiger partial charge in [0, 0.05) is 7.11 Å². The summed E-state index contributed by atoms with van der Waals surface area (Å²) in [5.41, 5.74) is 0. The maximum atomic E-state index is 8.77. The van der Waals surface area contributed by atoms with Crippen molar-refractivity contribution in [2.24, 2.45) is 0 Å². The van der Waals surface area contributed by atoms with Crippen LogP contribution in [0.2, 0.25) is 0 Å². The second-order valence-corrected chi connectivity index (χ2v) is 2.81. The van der Waals surface area contributed by atoms with E-state index in [2.05, 4.69) is 0 Å². The molecule has 8 heteroatoms. The summed E-state index contributed by atoms with van der Waals surface area (Å²) in [4.78, 5) is 24.9. The SMILES string of the molecule is CN(C)C.CO.O=P([O-])(O)O.[K+]. The Morgan fingerprint density at radius 2 is 1.17 bits per heavy atom. The van der Waals surface area contributed by atoms with Crippen LogP contribution >= 0.6 is 7.82 Å². The third kappa shape index (κ3) is 478. The van der Waals surface area contributed by atoms with Crippen molar-refractivity contribution in [3.63, 3.8) is 0 Å². The van der Waals surface area contributed by atoms with Crippen LogP contribution < -0.4 is 56.3 Å². The van der Waals surface area contributed by atoms with Crippen molar-refractivity contribution in [3.05, 3.63) is 0 Å². The van der Waals surface area contributed by atoms with Crippen molar-refractivity contribution in [1.82, 2.24) is 4.90 Å². The Morgan fingerprint density at radius 3 is 1.17 bits per heavy atom. The molecule has 0 spiro atoms. The van der Waals surface area contributed by atoms with E-state index in [1.165, 1.54) is 0 Å². The summed E-state index contributed by atoms with van der Waals surface area (Å²) in [6.07, 6.45) is 0. The molecular weight excluding hydrogens is 212 g/mol. The molecule has 0 heterocycles. The molecule has 0 unspecified atom stereocenters. The normalized spacial score (nSPS) is 8.42. The molecule has 0 fully saturated rings. The maximum absolute atomic E-state index is 8.77. The molecule has 6 nitrogen and oxygen atoms in total. The van der Waals surface area contributed by atoms with Crippen LogP contribution in [-0.2, 0) is 4.57 Å². The number of aliphatic hydroxyl groups is 1. The molecule has 0 amide bonds. The number of hydrogen-bond donors (Lipinski definition) is 3. The van der Waals surface area contributed by atoms with E-state index in [1.54, 1.807) is 0 Å². The molecule has 0 atom stereocenters. The summed E-state index contributed by atoms with van der Waals surface area (Å²) in [6, 6.07) is 0. The van der Waals surface area contributed by atoms with Crippen molar-refractivity contribution in [3.8, 4) is 0 Å². The molecule has 0 radical (unpaired) electrons. The van der Waals surface area contributed by atoms with Gasteiger partial charge in [-0.1, -0.05) is 0 Å². The second-order valence-electron chi connectivity index (χ2n) is 1.83. The van der Waals surface area contributed by atoms with E-state index >= 15 is 0 Å². The Hall–Kier alpha value is 1.67. The van der Waals surface area contributed by atoms with Gasteiger partial charge in [-0.15, -0.1) is 0 Å². The van der Waals surface area contributed by atoms with Crippen LogP contribution in [0.3, 0.4) is 0 Å². The van der Waals surface area contributed by atoms with Crippen molar-refractivity contribution in [2.45, 2.75) is 0 Å². The fourth-order valence-electron chi connectivity index (χ4n) is 0. The monoisotopic (exact) mass is 227 g/mol. The van der Waals surface area contributed by atoms with Gasteiger partial charge in [-0.05, 0) is 21.1 Å². The Balaban J connectivity index is -0.0000000419. The van der Waals surface area contributed by atoms with Gasteiger partial charge in [-0.25, -0.2) is 0 Å². The molecule has 0 aromatic rings. The van der Waals surface area contributed by atoms with E-state index in [1.807, 2.05) is 26.0 Å². The first-order chi connectivity index (χ1) is 4.73. The van der Waals surface area contributed by atoms with Gasteiger partial charge < -0.3 is 24.7 Å². The largest absolute Gasteiger partial charge is 1.00 e. The van der Waals surface area contributed by atoms with Gasteiger partial charge in [0.1, 0.15) is 0 Å². The van der Waals surface area contributed by atoms with E-state index in [4.69, 9.17) is 24.4 Å². The maximum Gasteiger partial charge on any atom is 1.00 e. The molecule has 0 rings (SSSR count). The number of rotatable bonds is 0. The van der Waals surface area contributed by atoms with E-state index in [0.717, 1.165) is 7.11 Å². The zero-order valence-corrected chi connectivity index (χ0v) is 12.1. The zero-order valence-electron chi connectivity index (χ0n) is 8.05. The van der Waals surface area contributed by atoms with Crippen LogP contribution in [0.1, 0.15) is 0 Å². The Kier molecular flexibility index (Phi) is 29.6. The molecule has 0 aromatic carbocycles. The fraction of sp³-hybridized carbons (Fsp3) is 1.00. The van der Waals surface area contributed by atoms with Crippen LogP contribution in [0.4, 0.5) is 0 Å². The predicted octanol–water partition coefficient (Wildman–Crippen LogP) is -4.77. The average Bonchev–Trinajstić information content (AvgIpc) is 1.63. The molecule has 72 valence electrons. The van der Waals surface area contributed by atoms with Gasteiger partial charge >= 0.3 is 51.4 Å². The van der Waals surface area contributed by atoms with Gasteiger partial charge in [-0.3, -0.25) is 4.57 Å². The van der Waals surface area contributed by atoms with E-state index in [-0.39, 0.29) is 51.4 Å². The quantitative estimate of drug-likeness (QED) is 0.283. The van der Waals surface area contributed by atoms with E-state index in [0.29, 0.717) is 0 Å². The van der Waals surface area contributed by atoms with Crippen molar-refractivity contribution in [1.29, 1.82) is 0 Å². The summed E-state index contributed by atoms with van der Waals surface area (Å²) >= 11 is 0. The van der Waals surface area contributed by atoms with Gasteiger partial charge in [-0.2, -0.15) is 0 Å². The van der Waals surface area contributed by atoms with Crippen molar-refractivity contribution >= 4 is 7.82 Å².